The Kier molecular flexibility index (Phi) is 21.5. The van der Waals surface area contributed by atoms with E-state index in [4.69, 9.17) is 4.74 Å². The minimum absolute atomic E-state index is 0.144. The quantitative estimate of drug-likeness (QED) is 0.315. The van der Waals surface area contributed by atoms with Gasteiger partial charge in [0.2, 0.25) is 0 Å². The first kappa shape index (κ1) is 41.8. The van der Waals surface area contributed by atoms with Gasteiger partial charge in [0.25, 0.3) is 0 Å². The molecule has 7 heteroatoms. The summed E-state index contributed by atoms with van der Waals surface area (Å²) in [4.78, 5) is 4.60. The maximum atomic E-state index is 12.9. The van der Waals surface area contributed by atoms with E-state index in [1.54, 1.807) is 13.8 Å². The van der Waals surface area contributed by atoms with E-state index in [9.17, 15) is 8.78 Å². The molecule has 5 nitrogen and oxygen atoms in total. The molecule has 0 aromatic carbocycles. The van der Waals surface area contributed by atoms with E-state index in [0.717, 1.165) is 44.7 Å². The molecule has 244 valence electrons. The molecular weight excluding hydrogens is 506 g/mol. The highest BCUT2D eigenvalue weighted by molar-refractivity contribution is 4.97. The van der Waals surface area contributed by atoms with Gasteiger partial charge in [0, 0.05) is 43.8 Å². The zero-order valence-corrected chi connectivity index (χ0v) is 29.4. The van der Waals surface area contributed by atoms with Crippen molar-refractivity contribution in [2.24, 2.45) is 11.8 Å². The smallest absolute Gasteiger partial charge is 0.133 e. The van der Waals surface area contributed by atoms with Crippen LogP contribution in [0.5, 0.6) is 0 Å². The molecule has 4 saturated heterocycles. The molecule has 0 radical (unpaired) electrons. The Bertz CT molecular complexity index is 553. The van der Waals surface area contributed by atoms with Crippen molar-refractivity contribution in [2.75, 3.05) is 65.6 Å². The topological polar surface area (TPSA) is 39.8 Å². The van der Waals surface area contributed by atoms with E-state index >= 15 is 0 Å². The van der Waals surface area contributed by atoms with E-state index in [0.29, 0.717) is 31.6 Å². The molecule has 4 heterocycles. The van der Waals surface area contributed by atoms with Gasteiger partial charge in [-0.15, -0.1) is 0 Å². The zero-order valence-electron chi connectivity index (χ0n) is 29.4. The number of morpholine rings is 1. The van der Waals surface area contributed by atoms with Gasteiger partial charge in [-0.25, -0.2) is 8.78 Å². The molecule has 40 heavy (non-hydrogen) atoms. The second-order valence-corrected chi connectivity index (χ2v) is 15.5. The predicted octanol–water partition coefficient (Wildman–Crippen LogP) is 7.35. The van der Waals surface area contributed by atoms with E-state index in [1.165, 1.54) is 25.9 Å². The van der Waals surface area contributed by atoms with Crippen molar-refractivity contribution in [3.8, 4) is 0 Å². The van der Waals surface area contributed by atoms with E-state index < -0.39 is 11.3 Å². The first-order valence-corrected chi connectivity index (χ1v) is 16.0. The maximum absolute atomic E-state index is 12.9. The second kappa shape index (κ2) is 20.5. The molecule has 0 bridgehead atoms. The summed E-state index contributed by atoms with van der Waals surface area (Å²) < 4.78 is 30.7. The molecule has 0 spiro atoms. The number of hydrogen-bond donors (Lipinski definition) is 2. The van der Waals surface area contributed by atoms with Gasteiger partial charge in [0.05, 0.1) is 13.2 Å². The molecule has 4 fully saturated rings. The molecule has 0 amide bonds. The lowest BCUT2D eigenvalue weighted by atomic mass is 9.92. The number of nitrogens with one attached hydrogen (secondary N) is 2. The summed E-state index contributed by atoms with van der Waals surface area (Å²) in [5, 5.41) is 6.16. The zero-order chi connectivity index (χ0) is 31.6. The average Bonchev–Trinajstić information content (AvgIpc) is 3.46. The minimum atomic E-state index is -0.923. The van der Waals surface area contributed by atoms with E-state index in [2.05, 4.69) is 104 Å². The Morgan fingerprint density at radius 1 is 0.650 bits per heavy atom. The molecule has 4 aliphatic rings. The molecule has 2 N–H and O–H groups in total. The van der Waals surface area contributed by atoms with Gasteiger partial charge in [-0.3, -0.25) is 9.80 Å². The summed E-state index contributed by atoms with van der Waals surface area (Å²) >= 11 is 0. The Hall–Kier alpha value is -0.340. The third-order valence-electron chi connectivity index (χ3n) is 6.22. The Morgan fingerprint density at radius 2 is 1.05 bits per heavy atom. The van der Waals surface area contributed by atoms with Crippen LogP contribution in [0.2, 0.25) is 0 Å². The number of halogens is 2. The lowest BCUT2D eigenvalue weighted by molar-refractivity contribution is -0.0681. The second-order valence-electron chi connectivity index (χ2n) is 15.5. The van der Waals surface area contributed by atoms with Crippen LogP contribution < -0.4 is 10.6 Å². The number of nitrogens with zero attached hydrogens (tertiary/aromatic N) is 2. The van der Waals surface area contributed by atoms with E-state index in [1.807, 2.05) is 0 Å². The first-order chi connectivity index (χ1) is 18.1. The molecule has 0 saturated carbocycles. The summed E-state index contributed by atoms with van der Waals surface area (Å²) in [5.41, 5.74) is -1.37. The summed E-state index contributed by atoms with van der Waals surface area (Å²) in [6, 6.07) is 0. The van der Waals surface area contributed by atoms with Gasteiger partial charge in [0.1, 0.15) is 11.3 Å². The molecule has 0 aliphatic carbocycles. The third kappa shape index (κ3) is 26.6. The Labute approximate surface area is 249 Å². The fraction of sp³-hybridized carbons (Fsp3) is 1.00. The molecule has 0 aromatic rings. The number of alkyl halides is 2. The molecule has 1 unspecified atom stereocenters. The van der Waals surface area contributed by atoms with Gasteiger partial charge in [0.15, 0.2) is 0 Å². The molecular formula is C33H72F2N4O. The van der Waals surface area contributed by atoms with Crippen LogP contribution in [0, 0.1) is 11.8 Å². The molecule has 1 atom stereocenters. The van der Waals surface area contributed by atoms with Gasteiger partial charge < -0.3 is 15.4 Å². The third-order valence-corrected chi connectivity index (χ3v) is 6.22. The largest absolute Gasteiger partial charge is 0.379 e. The fourth-order valence-corrected chi connectivity index (χ4v) is 3.87. The van der Waals surface area contributed by atoms with Crippen molar-refractivity contribution in [3.63, 3.8) is 0 Å². The lowest BCUT2D eigenvalue weighted by Gasteiger charge is -2.49. The predicted molar refractivity (Wildman–Crippen MR) is 173 cm³/mol. The number of likely N-dealkylation sites (tertiary alicyclic amines) is 1. The van der Waals surface area contributed by atoms with Gasteiger partial charge in [-0.1, -0.05) is 41.5 Å². The van der Waals surface area contributed by atoms with Crippen LogP contribution in [0.3, 0.4) is 0 Å². The highest BCUT2D eigenvalue weighted by Crippen LogP contribution is 2.30. The van der Waals surface area contributed by atoms with Gasteiger partial charge >= 0.3 is 0 Å². The normalized spacial score (nSPS) is 24.4. The summed E-state index contributed by atoms with van der Waals surface area (Å²) in [7, 11) is 0. The maximum Gasteiger partial charge on any atom is 0.133 e. The van der Waals surface area contributed by atoms with Crippen molar-refractivity contribution in [1.82, 2.24) is 20.4 Å². The van der Waals surface area contributed by atoms with Crippen LogP contribution in [0.1, 0.15) is 116 Å². The van der Waals surface area contributed by atoms with Crippen LogP contribution in [0.4, 0.5) is 8.78 Å². The summed E-state index contributed by atoms with van der Waals surface area (Å²) in [6.07, 6.45) is 3.45. The van der Waals surface area contributed by atoms with Crippen molar-refractivity contribution in [2.45, 2.75) is 139 Å². The number of hydrogen-bond acceptors (Lipinski definition) is 5. The van der Waals surface area contributed by atoms with Crippen molar-refractivity contribution >= 4 is 0 Å². The average molecular weight is 579 g/mol. The Morgan fingerprint density at radius 3 is 1.20 bits per heavy atom. The molecule has 4 aliphatic heterocycles. The number of ether oxygens (including phenoxy) is 1. The monoisotopic (exact) mass is 579 g/mol. The SMILES string of the molecule is C1CCNC1.CC(C)(C)N1CCOCC1.CC(C)C.CC(C)C.CC1(F)CCNC1.CC1(F)CN(C(C)(C)C)C1. The standard InChI is InChI=1S/C8H16FN.C8H17NO.C5H10FN.C4H9N.2C4H10/c1-7(2,3)10-5-8(4,9)6-10;1-8(2,3)9-4-6-10-7-5-9;1-5(6)2-3-7-4-5;1-2-4-5-3-1;2*1-4(2)3/h5-6H2,1-4H3;4-7H2,1-3H3;7H,2-4H2,1H3;5H,1-4H2;2*4H,1-3H3. The van der Waals surface area contributed by atoms with Crippen molar-refractivity contribution in [3.05, 3.63) is 0 Å². The van der Waals surface area contributed by atoms with Crippen LogP contribution in [-0.4, -0.2) is 97.8 Å². The molecule has 0 aromatic heterocycles. The Balaban J connectivity index is 0. The van der Waals surface area contributed by atoms with Crippen LogP contribution in [0.15, 0.2) is 0 Å². The molecule has 4 rings (SSSR count). The number of rotatable bonds is 0. The first-order valence-electron chi connectivity index (χ1n) is 16.0. The highest BCUT2D eigenvalue weighted by Gasteiger charge is 2.43. The fourth-order valence-electron chi connectivity index (χ4n) is 3.87. The van der Waals surface area contributed by atoms with Crippen LogP contribution >= 0.6 is 0 Å². The summed E-state index contributed by atoms with van der Waals surface area (Å²) in [5.74, 6) is 1.67. The van der Waals surface area contributed by atoms with E-state index in [-0.39, 0.29) is 5.54 Å². The van der Waals surface area contributed by atoms with Gasteiger partial charge in [-0.2, -0.15) is 0 Å². The highest BCUT2D eigenvalue weighted by atomic mass is 19.1. The van der Waals surface area contributed by atoms with Crippen molar-refractivity contribution < 1.29 is 13.5 Å². The lowest BCUT2D eigenvalue weighted by Crippen LogP contribution is -2.63. The van der Waals surface area contributed by atoms with Crippen molar-refractivity contribution in [1.29, 1.82) is 0 Å². The summed E-state index contributed by atoms with van der Waals surface area (Å²) in [6.45, 7) is 38.4. The van der Waals surface area contributed by atoms with Gasteiger partial charge in [-0.05, 0) is 106 Å². The van der Waals surface area contributed by atoms with Crippen LogP contribution in [-0.2, 0) is 4.74 Å². The minimum Gasteiger partial charge on any atom is -0.379 e. The van der Waals surface area contributed by atoms with Crippen LogP contribution in [0.25, 0.3) is 0 Å².